The van der Waals surface area contributed by atoms with E-state index < -0.39 is 29.8 Å². The SMILES string of the molecule is COCCCOc1ccc2c(c1)[C@@]1(N=C(N)N(CC(F)F)C1=O)C1(CCC(OC)CC1)C2. The zero-order valence-electron chi connectivity index (χ0n) is 18.6. The second-order valence-electron chi connectivity index (χ2n) is 8.89. The molecule has 0 saturated heterocycles. The molecule has 1 amide bonds. The number of fused-ring (bicyclic) bond motifs is 3. The van der Waals surface area contributed by atoms with E-state index in [1.807, 2.05) is 18.2 Å². The van der Waals surface area contributed by atoms with Crippen LogP contribution < -0.4 is 10.5 Å². The number of benzene rings is 1. The lowest BCUT2D eigenvalue weighted by molar-refractivity contribution is -0.139. The van der Waals surface area contributed by atoms with Crippen LogP contribution in [-0.2, 0) is 26.2 Å². The lowest BCUT2D eigenvalue weighted by atomic mass is 9.61. The van der Waals surface area contributed by atoms with Crippen molar-refractivity contribution in [2.45, 2.75) is 56.6 Å². The van der Waals surface area contributed by atoms with E-state index in [0.717, 1.165) is 35.3 Å². The molecule has 2 spiro atoms. The molecule has 1 atom stereocenters. The highest BCUT2D eigenvalue weighted by molar-refractivity contribution is 6.08. The third-order valence-electron chi connectivity index (χ3n) is 7.19. The van der Waals surface area contributed by atoms with Gasteiger partial charge < -0.3 is 19.9 Å². The van der Waals surface area contributed by atoms with Crippen molar-refractivity contribution < 1.29 is 27.8 Å². The number of nitrogens with zero attached hydrogens (tertiary/aromatic N) is 2. The second-order valence-corrected chi connectivity index (χ2v) is 8.89. The summed E-state index contributed by atoms with van der Waals surface area (Å²) in [5.74, 6) is 0.0278. The Morgan fingerprint density at radius 1 is 1.25 bits per heavy atom. The fourth-order valence-corrected chi connectivity index (χ4v) is 5.64. The lowest BCUT2D eigenvalue weighted by Gasteiger charge is -2.45. The van der Waals surface area contributed by atoms with Crippen LogP contribution in [0.1, 0.15) is 43.2 Å². The summed E-state index contributed by atoms with van der Waals surface area (Å²) in [6.07, 6.45) is 1.77. The Morgan fingerprint density at radius 2 is 2.00 bits per heavy atom. The quantitative estimate of drug-likeness (QED) is 0.615. The van der Waals surface area contributed by atoms with E-state index in [4.69, 9.17) is 19.9 Å². The van der Waals surface area contributed by atoms with Crippen LogP contribution in [0, 0.1) is 5.41 Å². The second kappa shape index (κ2) is 8.94. The maximum Gasteiger partial charge on any atom is 0.262 e. The number of carbonyl (C=O) groups excluding carboxylic acids is 1. The average Bonchev–Trinajstić information content (AvgIpc) is 3.18. The Morgan fingerprint density at radius 3 is 2.66 bits per heavy atom. The highest BCUT2D eigenvalue weighted by Crippen LogP contribution is 2.62. The first-order valence-corrected chi connectivity index (χ1v) is 11.1. The topological polar surface area (TPSA) is 86.4 Å². The van der Waals surface area contributed by atoms with Crippen molar-refractivity contribution in [1.82, 2.24) is 4.90 Å². The van der Waals surface area contributed by atoms with Gasteiger partial charge in [0.05, 0.1) is 19.3 Å². The van der Waals surface area contributed by atoms with E-state index in [9.17, 15) is 13.6 Å². The Bertz CT molecular complexity index is 886. The Labute approximate surface area is 186 Å². The summed E-state index contributed by atoms with van der Waals surface area (Å²) in [7, 11) is 3.33. The number of amides is 1. The summed E-state index contributed by atoms with van der Waals surface area (Å²) in [4.78, 5) is 19.4. The number of aliphatic imine (C=N–C) groups is 1. The van der Waals surface area contributed by atoms with Crippen molar-refractivity contribution in [3.05, 3.63) is 29.3 Å². The molecule has 9 heteroatoms. The number of rotatable bonds is 8. The van der Waals surface area contributed by atoms with Gasteiger partial charge in [0.15, 0.2) is 11.5 Å². The molecule has 0 bridgehead atoms. The molecular weight excluding hydrogens is 420 g/mol. The van der Waals surface area contributed by atoms with Crippen LogP contribution in [0.5, 0.6) is 5.75 Å². The van der Waals surface area contributed by atoms with Crippen LogP contribution >= 0.6 is 0 Å². The molecule has 32 heavy (non-hydrogen) atoms. The van der Waals surface area contributed by atoms with Crippen LogP contribution in [0.3, 0.4) is 0 Å². The molecule has 4 rings (SSSR count). The van der Waals surface area contributed by atoms with Crippen LogP contribution in [0.4, 0.5) is 8.78 Å². The van der Waals surface area contributed by atoms with Gasteiger partial charge in [-0.1, -0.05) is 6.07 Å². The van der Waals surface area contributed by atoms with Gasteiger partial charge in [0.25, 0.3) is 12.3 Å². The highest BCUT2D eigenvalue weighted by Gasteiger charge is 2.66. The monoisotopic (exact) mass is 451 g/mol. The highest BCUT2D eigenvalue weighted by atomic mass is 19.3. The maximum atomic E-state index is 13.8. The van der Waals surface area contributed by atoms with E-state index in [0.29, 0.717) is 38.2 Å². The standard InChI is InChI=1S/C23H31F2N3O4/c1-30-10-3-11-32-17-5-4-15-13-22(8-6-16(31-2)7-9-22)23(18(15)12-17)20(29)28(14-19(24)25)21(26)27-23/h4-5,12,16,19H,3,6-11,13-14H2,1-2H3,(H2,26,27)/t16?,22?,23-/m0/s1. The number of methoxy groups -OCH3 is 2. The van der Waals surface area contributed by atoms with Gasteiger partial charge in [-0.15, -0.1) is 0 Å². The molecule has 1 heterocycles. The maximum absolute atomic E-state index is 13.8. The zero-order chi connectivity index (χ0) is 22.9. The van der Waals surface area contributed by atoms with Gasteiger partial charge in [0, 0.05) is 32.7 Å². The van der Waals surface area contributed by atoms with Gasteiger partial charge in [0.2, 0.25) is 0 Å². The fraction of sp³-hybridized carbons (Fsp3) is 0.652. The summed E-state index contributed by atoms with van der Waals surface area (Å²) in [6, 6.07) is 5.71. The molecular formula is C23H31F2N3O4. The Kier molecular flexibility index (Phi) is 6.40. The third-order valence-corrected chi connectivity index (χ3v) is 7.19. The van der Waals surface area contributed by atoms with Gasteiger partial charge in [-0.25, -0.2) is 13.8 Å². The molecule has 1 aromatic rings. The zero-order valence-corrected chi connectivity index (χ0v) is 18.6. The number of carbonyl (C=O) groups is 1. The van der Waals surface area contributed by atoms with Gasteiger partial charge in [0.1, 0.15) is 5.75 Å². The Balaban J connectivity index is 1.73. The van der Waals surface area contributed by atoms with E-state index in [-0.39, 0.29) is 12.1 Å². The first-order chi connectivity index (χ1) is 15.4. The summed E-state index contributed by atoms with van der Waals surface area (Å²) in [5.41, 5.74) is 5.98. The molecule has 2 N–H and O–H groups in total. The number of hydrogen-bond donors (Lipinski definition) is 1. The Hall–Kier alpha value is -2.26. The minimum absolute atomic E-state index is 0.121. The number of alkyl halides is 2. The first kappa shape index (κ1) is 22.9. The first-order valence-electron chi connectivity index (χ1n) is 11.1. The van der Waals surface area contributed by atoms with Gasteiger partial charge in [-0.2, -0.15) is 0 Å². The summed E-state index contributed by atoms with van der Waals surface area (Å²) in [6.45, 7) is 0.299. The minimum Gasteiger partial charge on any atom is -0.493 e. The molecule has 0 unspecified atom stereocenters. The van der Waals surface area contributed by atoms with Gasteiger partial charge in [-0.05, 0) is 55.4 Å². The van der Waals surface area contributed by atoms with Crippen LogP contribution in [0.25, 0.3) is 0 Å². The molecule has 176 valence electrons. The normalized spacial score (nSPS) is 29.3. The van der Waals surface area contributed by atoms with Crippen LogP contribution in [0.15, 0.2) is 23.2 Å². The van der Waals surface area contributed by atoms with Crippen LogP contribution in [0.2, 0.25) is 0 Å². The van der Waals surface area contributed by atoms with Crippen molar-refractivity contribution in [3.63, 3.8) is 0 Å². The van der Waals surface area contributed by atoms with Gasteiger partial charge in [-0.3, -0.25) is 9.69 Å². The molecule has 1 aromatic carbocycles. The minimum atomic E-state index is -2.70. The summed E-state index contributed by atoms with van der Waals surface area (Å²) >= 11 is 0. The molecule has 2 aliphatic carbocycles. The molecule has 0 aromatic heterocycles. The van der Waals surface area contributed by atoms with Crippen molar-refractivity contribution in [2.24, 2.45) is 16.1 Å². The van der Waals surface area contributed by atoms with Crippen molar-refractivity contribution in [3.8, 4) is 5.75 Å². The predicted octanol–water partition coefficient (Wildman–Crippen LogP) is 2.85. The number of nitrogens with two attached hydrogens (primary N) is 1. The summed E-state index contributed by atoms with van der Waals surface area (Å²) < 4.78 is 43.0. The van der Waals surface area contributed by atoms with Gasteiger partial charge >= 0.3 is 0 Å². The number of halogens is 2. The third kappa shape index (κ3) is 3.65. The van der Waals surface area contributed by atoms with Crippen molar-refractivity contribution in [2.75, 3.05) is 34.0 Å². The van der Waals surface area contributed by atoms with E-state index in [1.165, 1.54) is 0 Å². The molecule has 1 fully saturated rings. The van der Waals surface area contributed by atoms with Crippen molar-refractivity contribution in [1.29, 1.82) is 0 Å². The molecule has 0 radical (unpaired) electrons. The largest absolute Gasteiger partial charge is 0.493 e. The fourth-order valence-electron chi connectivity index (χ4n) is 5.64. The van der Waals surface area contributed by atoms with Crippen molar-refractivity contribution >= 4 is 11.9 Å². The number of hydrogen-bond acceptors (Lipinski definition) is 6. The number of guanidine groups is 1. The van der Waals surface area contributed by atoms with E-state index in [2.05, 4.69) is 4.99 Å². The average molecular weight is 452 g/mol. The molecule has 3 aliphatic rings. The predicted molar refractivity (Wildman–Crippen MR) is 115 cm³/mol. The lowest BCUT2D eigenvalue weighted by Crippen LogP contribution is -2.52. The van der Waals surface area contributed by atoms with Crippen LogP contribution in [-0.4, -0.2) is 63.3 Å². The smallest absolute Gasteiger partial charge is 0.262 e. The summed E-state index contributed by atoms with van der Waals surface area (Å²) in [5, 5.41) is 0. The molecule has 7 nitrogen and oxygen atoms in total. The van der Waals surface area contributed by atoms with E-state index in [1.54, 1.807) is 14.2 Å². The van der Waals surface area contributed by atoms with E-state index >= 15 is 0 Å². The number of ether oxygens (including phenoxy) is 3. The molecule has 1 aliphatic heterocycles. The molecule has 1 saturated carbocycles.